The lowest BCUT2D eigenvalue weighted by atomic mass is 10.1. The van der Waals surface area contributed by atoms with Crippen LogP contribution in [0.1, 0.15) is 18.1 Å². The Bertz CT molecular complexity index is 1280. The number of carbonyl (C=O) groups is 2. The van der Waals surface area contributed by atoms with E-state index < -0.39 is 5.91 Å². The minimum atomic E-state index is -0.398. The molecule has 32 heavy (non-hydrogen) atoms. The van der Waals surface area contributed by atoms with E-state index in [-0.39, 0.29) is 11.1 Å². The van der Waals surface area contributed by atoms with Crippen molar-refractivity contribution >= 4 is 61.5 Å². The predicted molar refractivity (Wildman–Crippen MR) is 131 cm³/mol. The molecule has 2 amide bonds. The number of halogens is 1. The van der Waals surface area contributed by atoms with Gasteiger partial charge in [-0.3, -0.25) is 9.59 Å². The summed E-state index contributed by atoms with van der Waals surface area (Å²) in [7, 11) is 1.57. The van der Waals surface area contributed by atoms with E-state index in [2.05, 4.69) is 44.4 Å². The SMILES string of the molecule is COc1cc(C=C2SC(NC(C)=O)=NC2=O)cc(Br)c1OCc1cccc2ccccc12. The third kappa shape index (κ3) is 4.87. The van der Waals surface area contributed by atoms with Crippen LogP contribution in [-0.4, -0.2) is 24.1 Å². The quantitative estimate of drug-likeness (QED) is 0.471. The summed E-state index contributed by atoms with van der Waals surface area (Å²) in [5, 5.41) is 5.10. The third-order valence-electron chi connectivity index (χ3n) is 4.70. The zero-order chi connectivity index (χ0) is 22.7. The molecule has 0 atom stereocenters. The number of methoxy groups -OCH3 is 1. The molecule has 1 aliphatic rings. The topological polar surface area (TPSA) is 77.0 Å². The van der Waals surface area contributed by atoms with Crippen molar-refractivity contribution in [2.45, 2.75) is 13.5 Å². The van der Waals surface area contributed by atoms with Gasteiger partial charge in [0.15, 0.2) is 16.7 Å². The molecule has 0 unspecified atom stereocenters. The Morgan fingerprint density at radius 3 is 2.75 bits per heavy atom. The second-order valence-electron chi connectivity index (χ2n) is 6.98. The van der Waals surface area contributed by atoms with E-state index in [1.807, 2.05) is 30.3 Å². The number of amides is 2. The first-order chi connectivity index (χ1) is 15.4. The molecule has 3 aromatic rings. The highest BCUT2D eigenvalue weighted by molar-refractivity contribution is 9.10. The Kier molecular flexibility index (Phi) is 6.62. The number of ether oxygens (including phenoxy) is 2. The van der Waals surface area contributed by atoms with Crippen LogP contribution in [0.15, 0.2) is 69.0 Å². The van der Waals surface area contributed by atoms with Crippen LogP contribution < -0.4 is 14.8 Å². The summed E-state index contributed by atoms with van der Waals surface area (Å²) in [5.41, 5.74) is 1.81. The number of nitrogens with zero attached hydrogens (tertiary/aromatic N) is 1. The Balaban J connectivity index is 1.56. The Labute approximate surface area is 197 Å². The van der Waals surface area contributed by atoms with Crippen molar-refractivity contribution in [1.29, 1.82) is 0 Å². The number of thioether (sulfide) groups is 1. The summed E-state index contributed by atoms with van der Waals surface area (Å²) in [5.74, 6) is 0.431. The van der Waals surface area contributed by atoms with Crippen LogP contribution in [-0.2, 0) is 16.2 Å². The van der Waals surface area contributed by atoms with Gasteiger partial charge in [-0.1, -0.05) is 42.5 Å². The number of rotatable bonds is 5. The fourth-order valence-corrected chi connectivity index (χ4v) is 4.73. The Morgan fingerprint density at radius 2 is 1.97 bits per heavy atom. The number of amidine groups is 1. The zero-order valence-electron chi connectivity index (χ0n) is 17.3. The first kappa shape index (κ1) is 22.1. The van der Waals surface area contributed by atoms with Gasteiger partial charge < -0.3 is 14.8 Å². The van der Waals surface area contributed by atoms with Crippen LogP contribution >= 0.6 is 27.7 Å². The van der Waals surface area contributed by atoms with Crippen molar-refractivity contribution < 1.29 is 19.1 Å². The lowest BCUT2D eigenvalue weighted by Gasteiger charge is -2.15. The number of aliphatic imine (C=N–C) groups is 1. The highest BCUT2D eigenvalue weighted by Gasteiger charge is 2.23. The van der Waals surface area contributed by atoms with Gasteiger partial charge in [-0.05, 0) is 67.8 Å². The van der Waals surface area contributed by atoms with Crippen LogP contribution in [0.3, 0.4) is 0 Å². The fraction of sp³-hybridized carbons (Fsp3) is 0.125. The highest BCUT2D eigenvalue weighted by atomic mass is 79.9. The van der Waals surface area contributed by atoms with E-state index in [4.69, 9.17) is 9.47 Å². The minimum absolute atomic E-state index is 0.273. The molecule has 4 rings (SSSR count). The molecule has 0 spiro atoms. The number of hydrogen-bond donors (Lipinski definition) is 1. The monoisotopic (exact) mass is 510 g/mol. The number of hydrogen-bond acceptors (Lipinski definition) is 5. The fourth-order valence-electron chi connectivity index (χ4n) is 3.30. The maximum absolute atomic E-state index is 12.1. The second-order valence-corrected chi connectivity index (χ2v) is 8.86. The van der Waals surface area contributed by atoms with Crippen molar-refractivity contribution in [3.63, 3.8) is 0 Å². The van der Waals surface area contributed by atoms with Crippen molar-refractivity contribution in [3.8, 4) is 11.5 Å². The normalized spacial score (nSPS) is 14.5. The molecule has 0 fully saturated rings. The number of carbonyl (C=O) groups excluding carboxylic acids is 2. The van der Waals surface area contributed by atoms with Crippen LogP contribution in [0.5, 0.6) is 11.5 Å². The third-order valence-corrected chi connectivity index (χ3v) is 6.19. The number of benzene rings is 3. The molecule has 8 heteroatoms. The van der Waals surface area contributed by atoms with Gasteiger partial charge in [-0.15, -0.1) is 0 Å². The van der Waals surface area contributed by atoms with E-state index >= 15 is 0 Å². The molecule has 1 N–H and O–H groups in total. The zero-order valence-corrected chi connectivity index (χ0v) is 19.7. The van der Waals surface area contributed by atoms with E-state index in [0.717, 1.165) is 33.7 Å². The number of nitrogens with one attached hydrogen (secondary N) is 1. The molecule has 1 heterocycles. The first-order valence-corrected chi connectivity index (χ1v) is 11.3. The summed E-state index contributed by atoms with van der Waals surface area (Å²) in [4.78, 5) is 27.6. The summed E-state index contributed by atoms with van der Waals surface area (Å²) in [6, 6.07) is 17.9. The molecule has 162 valence electrons. The standard InChI is InChI=1S/C24H19BrN2O4S/c1-14(28)26-24-27-23(29)21(32-24)12-15-10-19(25)22(20(11-15)30-2)31-13-17-8-5-7-16-6-3-4-9-18(16)17/h3-12H,13H2,1-2H3,(H,26,27,28,29). The molecule has 1 aliphatic heterocycles. The maximum atomic E-state index is 12.1. The van der Waals surface area contributed by atoms with Gasteiger partial charge in [0, 0.05) is 6.92 Å². The van der Waals surface area contributed by atoms with Crippen LogP contribution in [0.4, 0.5) is 0 Å². The van der Waals surface area contributed by atoms with E-state index in [9.17, 15) is 9.59 Å². The molecule has 0 bridgehead atoms. The van der Waals surface area contributed by atoms with Crippen molar-refractivity contribution in [1.82, 2.24) is 5.32 Å². The molecular formula is C24H19BrN2O4S. The van der Waals surface area contributed by atoms with Gasteiger partial charge in [-0.2, -0.15) is 4.99 Å². The van der Waals surface area contributed by atoms with Crippen molar-refractivity contribution in [2.24, 2.45) is 4.99 Å². The van der Waals surface area contributed by atoms with Gasteiger partial charge in [0.1, 0.15) is 6.61 Å². The lowest BCUT2D eigenvalue weighted by molar-refractivity contribution is -0.117. The van der Waals surface area contributed by atoms with Crippen LogP contribution in [0, 0.1) is 0 Å². The number of fused-ring (bicyclic) bond motifs is 1. The van der Waals surface area contributed by atoms with Gasteiger partial charge in [0.2, 0.25) is 5.91 Å². The smallest absolute Gasteiger partial charge is 0.286 e. The van der Waals surface area contributed by atoms with E-state index in [0.29, 0.717) is 27.5 Å². The van der Waals surface area contributed by atoms with Crippen molar-refractivity contribution in [3.05, 3.63) is 75.1 Å². The summed E-state index contributed by atoms with van der Waals surface area (Å²) in [6.45, 7) is 1.74. The maximum Gasteiger partial charge on any atom is 0.286 e. The second kappa shape index (κ2) is 9.58. The summed E-state index contributed by atoms with van der Waals surface area (Å²) in [6.07, 6.45) is 1.70. The molecule has 6 nitrogen and oxygen atoms in total. The Morgan fingerprint density at radius 1 is 1.19 bits per heavy atom. The molecule has 0 aromatic heterocycles. The molecule has 0 saturated carbocycles. The minimum Gasteiger partial charge on any atom is -0.493 e. The van der Waals surface area contributed by atoms with Gasteiger partial charge in [0.05, 0.1) is 16.5 Å². The largest absolute Gasteiger partial charge is 0.493 e. The molecule has 3 aromatic carbocycles. The predicted octanol–water partition coefficient (Wildman–Crippen LogP) is 5.30. The lowest BCUT2D eigenvalue weighted by Crippen LogP contribution is -2.23. The van der Waals surface area contributed by atoms with Gasteiger partial charge in [0.25, 0.3) is 5.91 Å². The van der Waals surface area contributed by atoms with E-state index in [1.54, 1.807) is 19.3 Å². The molecule has 0 radical (unpaired) electrons. The van der Waals surface area contributed by atoms with Crippen LogP contribution in [0.2, 0.25) is 0 Å². The van der Waals surface area contributed by atoms with E-state index in [1.165, 1.54) is 6.92 Å². The first-order valence-electron chi connectivity index (χ1n) is 9.71. The van der Waals surface area contributed by atoms with Gasteiger partial charge in [-0.25, -0.2) is 0 Å². The summed E-state index contributed by atoms with van der Waals surface area (Å²) < 4.78 is 12.4. The van der Waals surface area contributed by atoms with Crippen LogP contribution in [0.25, 0.3) is 16.8 Å². The average Bonchev–Trinajstić information content (AvgIpc) is 3.10. The highest BCUT2D eigenvalue weighted by Crippen LogP contribution is 2.39. The van der Waals surface area contributed by atoms with Crippen molar-refractivity contribution in [2.75, 3.05) is 7.11 Å². The molecule has 0 aliphatic carbocycles. The molecular weight excluding hydrogens is 492 g/mol. The van der Waals surface area contributed by atoms with Gasteiger partial charge >= 0.3 is 0 Å². The average molecular weight is 511 g/mol. The Hall–Kier alpha value is -3.10. The summed E-state index contributed by atoms with van der Waals surface area (Å²) >= 11 is 4.68. The molecule has 0 saturated heterocycles.